The molecule has 1 aromatic carbocycles. The van der Waals surface area contributed by atoms with Crippen molar-refractivity contribution in [3.63, 3.8) is 0 Å². The third-order valence-electron chi connectivity index (χ3n) is 3.71. The molecule has 0 bridgehead atoms. The van der Waals surface area contributed by atoms with Crippen molar-refractivity contribution in [1.82, 2.24) is 10.2 Å². The summed E-state index contributed by atoms with van der Waals surface area (Å²) in [5, 5.41) is 13.5. The first-order valence-electron chi connectivity index (χ1n) is 6.94. The average Bonchev–Trinajstić information content (AvgIpc) is 2.39. The molecule has 1 heterocycles. The van der Waals surface area contributed by atoms with Crippen LogP contribution in [0.2, 0.25) is 0 Å². The number of nitrogens with one attached hydrogen (secondary N) is 1. The van der Waals surface area contributed by atoms with E-state index in [1.807, 2.05) is 6.07 Å². The van der Waals surface area contributed by atoms with Gasteiger partial charge >= 0.3 is 0 Å². The third-order valence-corrected chi connectivity index (χ3v) is 3.71. The van der Waals surface area contributed by atoms with Gasteiger partial charge in [-0.25, -0.2) is 0 Å². The number of benzene rings is 1. The summed E-state index contributed by atoms with van der Waals surface area (Å²) in [4.78, 5) is 2.35. The predicted octanol–water partition coefficient (Wildman–Crippen LogP) is 1.48. The second kappa shape index (κ2) is 6.88. The Hall–Kier alpha value is -0.900. The molecule has 100 valence electrons. The zero-order valence-corrected chi connectivity index (χ0v) is 11.2. The Morgan fingerprint density at radius 3 is 2.78 bits per heavy atom. The van der Waals surface area contributed by atoms with Gasteiger partial charge in [-0.2, -0.15) is 0 Å². The van der Waals surface area contributed by atoms with Crippen molar-refractivity contribution >= 4 is 0 Å². The molecule has 2 N–H and O–H groups in total. The summed E-state index contributed by atoms with van der Waals surface area (Å²) in [5.41, 5.74) is 1.33. The van der Waals surface area contributed by atoms with E-state index < -0.39 is 0 Å². The molecule has 2 atom stereocenters. The molecule has 0 unspecified atom stereocenters. The van der Waals surface area contributed by atoms with Gasteiger partial charge in [-0.1, -0.05) is 37.3 Å². The van der Waals surface area contributed by atoms with Crippen molar-refractivity contribution in [3.8, 4) is 0 Å². The number of nitrogens with zero attached hydrogens (tertiary/aromatic N) is 1. The summed E-state index contributed by atoms with van der Waals surface area (Å²) in [6, 6.07) is 10.5. The maximum Gasteiger partial charge on any atom is 0.0707 e. The fourth-order valence-electron chi connectivity index (χ4n) is 2.60. The summed E-state index contributed by atoms with van der Waals surface area (Å²) in [5.74, 6) is 0.414. The van der Waals surface area contributed by atoms with E-state index in [1.165, 1.54) is 5.56 Å². The maximum atomic E-state index is 10.2. The minimum Gasteiger partial charge on any atom is -0.391 e. The normalized spacial score (nSPS) is 25.2. The molecule has 0 amide bonds. The SMILES string of the molecule is CCNC[C@@H]1CCN(Cc2ccccc2)C[C@H]1O. The highest BCUT2D eigenvalue weighted by Crippen LogP contribution is 2.19. The van der Waals surface area contributed by atoms with Gasteiger partial charge in [-0.15, -0.1) is 0 Å². The second-order valence-electron chi connectivity index (χ2n) is 5.14. The number of aliphatic hydroxyl groups excluding tert-OH is 1. The van der Waals surface area contributed by atoms with Crippen molar-refractivity contribution in [2.45, 2.75) is 26.0 Å². The molecular weight excluding hydrogens is 224 g/mol. The predicted molar refractivity (Wildman–Crippen MR) is 74.4 cm³/mol. The van der Waals surface area contributed by atoms with Crippen molar-refractivity contribution < 1.29 is 5.11 Å². The summed E-state index contributed by atoms with van der Waals surface area (Å²) in [7, 11) is 0. The molecule has 1 aromatic rings. The van der Waals surface area contributed by atoms with Gasteiger partial charge in [0.05, 0.1) is 6.10 Å². The van der Waals surface area contributed by atoms with Crippen molar-refractivity contribution in [3.05, 3.63) is 35.9 Å². The van der Waals surface area contributed by atoms with Gasteiger partial charge in [-0.05, 0) is 31.0 Å². The number of likely N-dealkylation sites (tertiary alicyclic amines) is 1. The molecule has 1 fully saturated rings. The fourth-order valence-corrected chi connectivity index (χ4v) is 2.60. The van der Waals surface area contributed by atoms with E-state index in [0.717, 1.165) is 39.1 Å². The van der Waals surface area contributed by atoms with Crippen LogP contribution in [0.3, 0.4) is 0 Å². The number of aliphatic hydroxyl groups is 1. The fraction of sp³-hybridized carbons (Fsp3) is 0.600. The Morgan fingerprint density at radius 2 is 2.11 bits per heavy atom. The zero-order valence-electron chi connectivity index (χ0n) is 11.2. The Balaban J connectivity index is 1.81. The average molecular weight is 248 g/mol. The highest BCUT2D eigenvalue weighted by Gasteiger charge is 2.26. The van der Waals surface area contributed by atoms with Crippen LogP contribution in [0.4, 0.5) is 0 Å². The Kier molecular flexibility index (Phi) is 5.17. The maximum absolute atomic E-state index is 10.2. The minimum absolute atomic E-state index is 0.193. The smallest absolute Gasteiger partial charge is 0.0707 e. The van der Waals surface area contributed by atoms with Crippen molar-refractivity contribution in [1.29, 1.82) is 0 Å². The van der Waals surface area contributed by atoms with Crippen LogP contribution in [0, 0.1) is 5.92 Å². The van der Waals surface area contributed by atoms with Crippen LogP contribution in [0.25, 0.3) is 0 Å². The monoisotopic (exact) mass is 248 g/mol. The summed E-state index contributed by atoms with van der Waals surface area (Å²) < 4.78 is 0. The van der Waals surface area contributed by atoms with Crippen LogP contribution in [0.15, 0.2) is 30.3 Å². The molecular formula is C15H24N2O. The highest BCUT2D eigenvalue weighted by atomic mass is 16.3. The zero-order chi connectivity index (χ0) is 12.8. The second-order valence-corrected chi connectivity index (χ2v) is 5.14. The lowest BCUT2D eigenvalue weighted by Crippen LogP contribution is -2.46. The summed E-state index contributed by atoms with van der Waals surface area (Å²) in [6.45, 7) is 6.86. The van der Waals surface area contributed by atoms with Crippen LogP contribution in [-0.4, -0.2) is 42.3 Å². The Labute approximate surface area is 110 Å². The van der Waals surface area contributed by atoms with E-state index in [1.54, 1.807) is 0 Å². The van der Waals surface area contributed by atoms with E-state index in [4.69, 9.17) is 0 Å². The van der Waals surface area contributed by atoms with Gasteiger partial charge in [0.1, 0.15) is 0 Å². The standard InChI is InChI=1S/C15H24N2O/c1-2-16-10-14-8-9-17(12-15(14)18)11-13-6-4-3-5-7-13/h3-7,14-16,18H,2,8-12H2,1H3/t14-,15+/m0/s1. The first-order chi connectivity index (χ1) is 8.79. The quantitative estimate of drug-likeness (QED) is 0.828. The van der Waals surface area contributed by atoms with Crippen molar-refractivity contribution in [2.24, 2.45) is 5.92 Å². The van der Waals surface area contributed by atoms with E-state index in [0.29, 0.717) is 5.92 Å². The molecule has 0 spiro atoms. The van der Waals surface area contributed by atoms with Gasteiger partial charge < -0.3 is 10.4 Å². The van der Waals surface area contributed by atoms with Crippen LogP contribution < -0.4 is 5.32 Å². The van der Waals surface area contributed by atoms with Gasteiger partial charge in [0.2, 0.25) is 0 Å². The Bertz CT molecular complexity index is 342. The van der Waals surface area contributed by atoms with E-state index in [9.17, 15) is 5.11 Å². The molecule has 18 heavy (non-hydrogen) atoms. The lowest BCUT2D eigenvalue weighted by Gasteiger charge is -2.36. The lowest BCUT2D eigenvalue weighted by atomic mass is 9.93. The Morgan fingerprint density at radius 1 is 1.33 bits per heavy atom. The molecule has 0 radical (unpaired) electrons. The number of hydrogen-bond acceptors (Lipinski definition) is 3. The van der Waals surface area contributed by atoms with Crippen LogP contribution in [0.5, 0.6) is 0 Å². The number of rotatable bonds is 5. The van der Waals surface area contributed by atoms with Crippen LogP contribution >= 0.6 is 0 Å². The molecule has 3 nitrogen and oxygen atoms in total. The van der Waals surface area contributed by atoms with E-state index in [-0.39, 0.29) is 6.10 Å². The molecule has 1 saturated heterocycles. The third kappa shape index (κ3) is 3.80. The summed E-state index contributed by atoms with van der Waals surface area (Å²) in [6.07, 6.45) is 0.891. The molecule has 1 aliphatic heterocycles. The van der Waals surface area contributed by atoms with Gasteiger partial charge in [0.25, 0.3) is 0 Å². The van der Waals surface area contributed by atoms with Crippen LogP contribution in [0.1, 0.15) is 18.9 Å². The highest BCUT2D eigenvalue weighted by molar-refractivity contribution is 5.14. The van der Waals surface area contributed by atoms with Gasteiger partial charge in [0.15, 0.2) is 0 Å². The number of β-amino-alcohol motifs (C(OH)–C–C–N with tert-alkyl or cyclic N) is 1. The molecule has 1 aliphatic rings. The number of piperidine rings is 1. The topological polar surface area (TPSA) is 35.5 Å². The molecule has 2 rings (SSSR count). The minimum atomic E-state index is -0.193. The summed E-state index contributed by atoms with van der Waals surface area (Å²) >= 11 is 0. The molecule has 0 aromatic heterocycles. The molecule has 0 aliphatic carbocycles. The first kappa shape index (κ1) is 13.5. The largest absolute Gasteiger partial charge is 0.391 e. The van der Waals surface area contributed by atoms with Crippen molar-refractivity contribution in [2.75, 3.05) is 26.2 Å². The van der Waals surface area contributed by atoms with Crippen LogP contribution in [-0.2, 0) is 6.54 Å². The molecule has 3 heteroatoms. The first-order valence-corrected chi connectivity index (χ1v) is 6.94. The van der Waals surface area contributed by atoms with Gasteiger partial charge in [0, 0.05) is 19.6 Å². The van der Waals surface area contributed by atoms with E-state index in [2.05, 4.69) is 41.4 Å². The van der Waals surface area contributed by atoms with E-state index >= 15 is 0 Å². The van der Waals surface area contributed by atoms with Gasteiger partial charge in [-0.3, -0.25) is 4.90 Å². The lowest BCUT2D eigenvalue weighted by molar-refractivity contribution is 0.0191. The number of hydrogen-bond donors (Lipinski definition) is 2. The molecule has 0 saturated carbocycles.